The first kappa shape index (κ1) is 46.4. The Kier molecular flexibility index (Phi) is 31.3. The standard InChI is InChI=1S/C35H62N2O14/c1-35(2,3)51-34(39)37-10-12-41-14-16-43-18-20-45-22-24-47-26-28-49-30-29-48-27-25-46-23-21-44-19-17-42-15-13-40-11-9-36-33(38)50-31-32-7-5-4-6-8-32/h4-8H,9-31H2,1-3H3,(H,36,38)(H,37,39). The van der Waals surface area contributed by atoms with Crippen LogP contribution in [0.5, 0.6) is 0 Å². The molecule has 16 nitrogen and oxygen atoms in total. The van der Waals surface area contributed by atoms with E-state index >= 15 is 0 Å². The Balaban J connectivity index is 1.65. The topological polar surface area (TPSA) is 169 Å². The quantitative estimate of drug-likeness (QED) is 0.0977. The van der Waals surface area contributed by atoms with Gasteiger partial charge in [0.05, 0.1) is 132 Å². The van der Waals surface area contributed by atoms with Gasteiger partial charge in [0.2, 0.25) is 0 Å². The van der Waals surface area contributed by atoms with Gasteiger partial charge in [0, 0.05) is 13.1 Å². The Bertz CT molecular complexity index is 924. The maximum atomic E-state index is 11.6. The lowest BCUT2D eigenvalue weighted by molar-refractivity contribution is -0.0263. The zero-order valence-electron chi connectivity index (χ0n) is 30.9. The highest BCUT2D eigenvalue weighted by Gasteiger charge is 2.15. The molecule has 0 atom stereocenters. The molecular formula is C35H62N2O14. The number of alkyl carbamates (subject to hydrolysis) is 2. The first-order valence-corrected chi connectivity index (χ1v) is 17.6. The molecule has 0 unspecified atom stereocenters. The van der Waals surface area contributed by atoms with E-state index < -0.39 is 17.8 Å². The predicted molar refractivity (Wildman–Crippen MR) is 187 cm³/mol. The molecule has 0 aliphatic rings. The van der Waals surface area contributed by atoms with Crippen LogP contribution in [0.2, 0.25) is 0 Å². The summed E-state index contributed by atoms with van der Waals surface area (Å²) < 4.78 is 64.8. The van der Waals surface area contributed by atoms with Crippen LogP contribution < -0.4 is 10.6 Å². The normalized spacial score (nSPS) is 11.4. The van der Waals surface area contributed by atoms with E-state index in [1.807, 2.05) is 51.1 Å². The first-order chi connectivity index (χ1) is 24.9. The van der Waals surface area contributed by atoms with Crippen LogP contribution in [0.3, 0.4) is 0 Å². The lowest BCUT2D eigenvalue weighted by Gasteiger charge is -2.19. The van der Waals surface area contributed by atoms with Gasteiger partial charge in [0.1, 0.15) is 12.2 Å². The van der Waals surface area contributed by atoms with Crippen molar-refractivity contribution in [3.63, 3.8) is 0 Å². The first-order valence-electron chi connectivity index (χ1n) is 17.6. The minimum atomic E-state index is -0.516. The largest absolute Gasteiger partial charge is 0.445 e. The maximum Gasteiger partial charge on any atom is 0.407 e. The lowest BCUT2D eigenvalue weighted by atomic mass is 10.2. The van der Waals surface area contributed by atoms with Gasteiger partial charge in [-0.25, -0.2) is 9.59 Å². The van der Waals surface area contributed by atoms with Gasteiger partial charge < -0.3 is 67.5 Å². The molecule has 0 heterocycles. The van der Waals surface area contributed by atoms with Crippen LogP contribution in [0.4, 0.5) is 9.59 Å². The summed E-state index contributed by atoms with van der Waals surface area (Å²) in [5, 5.41) is 5.27. The third kappa shape index (κ3) is 35.5. The van der Waals surface area contributed by atoms with Gasteiger partial charge >= 0.3 is 12.2 Å². The summed E-state index contributed by atoms with van der Waals surface area (Å²) in [5.41, 5.74) is 0.418. The SMILES string of the molecule is CC(C)(C)OC(=O)NCCOCCOCCOCCOCCOCCOCCOCCOCCOCCOCCNC(=O)OCc1ccccc1. The van der Waals surface area contributed by atoms with E-state index in [-0.39, 0.29) is 6.61 Å². The predicted octanol–water partition coefficient (Wildman–Crippen LogP) is 2.60. The molecule has 2 amide bonds. The highest BCUT2D eigenvalue weighted by molar-refractivity contribution is 5.67. The van der Waals surface area contributed by atoms with Crippen LogP contribution in [0.25, 0.3) is 0 Å². The van der Waals surface area contributed by atoms with Crippen LogP contribution in [0.15, 0.2) is 30.3 Å². The Morgan fingerprint density at radius 2 is 0.745 bits per heavy atom. The molecule has 0 saturated heterocycles. The fraction of sp³-hybridized carbons (Fsp3) is 0.771. The average molecular weight is 735 g/mol. The molecule has 1 aromatic carbocycles. The van der Waals surface area contributed by atoms with Crippen molar-refractivity contribution in [3.8, 4) is 0 Å². The van der Waals surface area contributed by atoms with Gasteiger partial charge in [-0.05, 0) is 26.3 Å². The van der Waals surface area contributed by atoms with Gasteiger partial charge in [0.15, 0.2) is 0 Å². The fourth-order valence-electron chi connectivity index (χ4n) is 3.62. The molecule has 296 valence electrons. The van der Waals surface area contributed by atoms with Gasteiger partial charge in [-0.3, -0.25) is 0 Å². The molecule has 0 fully saturated rings. The van der Waals surface area contributed by atoms with E-state index in [0.717, 1.165) is 5.56 Å². The van der Waals surface area contributed by atoms with Crippen molar-refractivity contribution in [3.05, 3.63) is 35.9 Å². The second-order valence-electron chi connectivity index (χ2n) is 11.5. The molecule has 0 aliphatic carbocycles. The molecule has 1 aromatic rings. The van der Waals surface area contributed by atoms with Crippen LogP contribution in [-0.2, 0) is 63.4 Å². The molecule has 0 aromatic heterocycles. The molecule has 2 N–H and O–H groups in total. The Labute approximate surface area is 303 Å². The number of hydrogen-bond acceptors (Lipinski definition) is 14. The molecule has 16 heteroatoms. The average Bonchev–Trinajstić information content (AvgIpc) is 3.10. The summed E-state index contributed by atoms with van der Waals surface area (Å²) in [5.74, 6) is 0. The Morgan fingerprint density at radius 1 is 0.451 bits per heavy atom. The summed E-state index contributed by atoms with van der Waals surface area (Å²) in [6.45, 7) is 15.6. The number of benzene rings is 1. The van der Waals surface area contributed by atoms with Crippen LogP contribution in [-0.4, -0.2) is 163 Å². The van der Waals surface area contributed by atoms with Gasteiger partial charge in [0.25, 0.3) is 0 Å². The molecule has 0 bridgehead atoms. The number of carbonyl (C=O) groups is 2. The third-order valence-corrected chi connectivity index (χ3v) is 5.99. The molecule has 51 heavy (non-hydrogen) atoms. The number of hydrogen-bond donors (Lipinski definition) is 2. The van der Waals surface area contributed by atoms with Crippen LogP contribution in [0.1, 0.15) is 26.3 Å². The number of carbonyl (C=O) groups excluding carboxylic acids is 2. The highest BCUT2D eigenvalue weighted by Crippen LogP contribution is 2.06. The molecule has 0 aliphatic heterocycles. The molecule has 0 radical (unpaired) electrons. The van der Waals surface area contributed by atoms with Crippen LogP contribution in [0, 0.1) is 0 Å². The lowest BCUT2D eigenvalue weighted by Crippen LogP contribution is -2.34. The van der Waals surface area contributed by atoms with E-state index in [1.54, 1.807) is 0 Å². The van der Waals surface area contributed by atoms with E-state index in [0.29, 0.717) is 145 Å². The van der Waals surface area contributed by atoms with Crippen molar-refractivity contribution < 1.29 is 66.4 Å². The van der Waals surface area contributed by atoms with E-state index in [1.165, 1.54) is 0 Å². The van der Waals surface area contributed by atoms with Gasteiger partial charge in [-0.15, -0.1) is 0 Å². The van der Waals surface area contributed by atoms with Crippen molar-refractivity contribution in [1.29, 1.82) is 0 Å². The monoisotopic (exact) mass is 734 g/mol. The molecule has 1 rings (SSSR count). The second kappa shape index (κ2) is 34.4. The van der Waals surface area contributed by atoms with Crippen LogP contribution >= 0.6 is 0 Å². The van der Waals surface area contributed by atoms with E-state index in [2.05, 4.69) is 10.6 Å². The van der Waals surface area contributed by atoms with Crippen molar-refractivity contribution >= 4 is 12.2 Å². The minimum Gasteiger partial charge on any atom is -0.445 e. The smallest absolute Gasteiger partial charge is 0.407 e. The minimum absolute atomic E-state index is 0.234. The molecule has 0 spiro atoms. The van der Waals surface area contributed by atoms with Gasteiger partial charge in [-0.2, -0.15) is 0 Å². The van der Waals surface area contributed by atoms with E-state index in [4.69, 9.17) is 56.8 Å². The molecule has 0 saturated carbocycles. The van der Waals surface area contributed by atoms with Crippen molar-refractivity contribution in [2.45, 2.75) is 33.0 Å². The van der Waals surface area contributed by atoms with Gasteiger partial charge in [-0.1, -0.05) is 30.3 Å². The fourth-order valence-corrected chi connectivity index (χ4v) is 3.62. The number of nitrogens with one attached hydrogen (secondary N) is 2. The van der Waals surface area contributed by atoms with Crippen molar-refractivity contribution in [1.82, 2.24) is 10.6 Å². The Hall–Kier alpha value is -2.64. The summed E-state index contributed by atoms with van der Waals surface area (Å²) in [7, 11) is 0. The Morgan fingerprint density at radius 3 is 1.06 bits per heavy atom. The van der Waals surface area contributed by atoms with Crippen molar-refractivity contribution in [2.75, 3.05) is 145 Å². The number of amides is 2. The maximum absolute atomic E-state index is 11.6. The summed E-state index contributed by atoms with van der Waals surface area (Å²) in [6, 6.07) is 9.49. The zero-order valence-corrected chi connectivity index (χ0v) is 30.9. The summed E-state index contributed by atoms with van der Waals surface area (Å²) in [6.07, 6.45) is -0.929. The van der Waals surface area contributed by atoms with Crippen molar-refractivity contribution in [2.24, 2.45) is 0 Å². The zero-order chi connectivity index (χ0) is 36.9. The summed E-state index contributed by atoms with van der Waals surface area (Å²) >= 11 is 0. The third-order valence-electron chi connectivity index (χ3n) is 5.99. The number of rotatable bonds is 35. The second-order valence-corrected chi connectivity index (χ2v) is 11.5. The number of ether oxygens (including phenoxy) is 12. The van der Waals surface area contributed by atoms with E-state index in [9.17, 15) is 9.59 Å². The summed E-state index contributed by atoms with van der Waals surface area (Å²) in [4.78, 5) is 23.1. The highest BCUT2D eigenvalue weighted by atomic mass is 16.6. The molecular weight excluding hydrogens is 672 g/mol.